The second-order valence-corrected chi connectivity index (χ2v) is 9.89. The normalized spacial score (nSPS) is 19.8. The van der Waals surface area contributed by atoms with Crippen molar-refractivity contribution >= 4 is 15.9 Å². The number of rotatable bonds is 10. The molecule has 0 spiro atoms. The Kier molecular flexibility index (Phi) is 8.79. The number of hydrogen-bond donors (Lipinski definition) is 2. The molecule has 1 fully saturated rings. The monoisotopic (exact) mass is 477 g/mol. The Morgan fingerprint density at radius 1 is 1.15 bits per heavy atom. The highest BCUT2D eigenvalue weighted by molar-refractivity contribution is 7.89. The Labute approximate surface area is 194 Å². The van der Waals surface area contributed by atoms with Crippen molar-refractivity contribution in [3.8, 4) is 5.75 Å². The molecular formula is C23H31N3O6S. The number of benzene rings is 1. The lowest BCUT2D eigenvalue weighted by Gasteiger charge is -2.38. The number of methoxy groups -OCH3 is 1. The van der Waals surface area contributed by atoms with Crippen molar-refractivity contribution in [1.29, 1.82) is 0 Å². The first kappa shape index (κ1) is 25.1. The van der Waals surface area contributed by atoms with E-state index in [0.717, 1.165) is 0 Å². The summed E-state index contributed by atoms with van der Waals surface area (Å²) in [6, 6.07) is 8.44. The van der Waals surface area contributed by atoms with Gasteiger partial charge in [0.1, 0.15) is 11.8 Å². The highest BCUT2D eigenvalue weighted by atomic mass is 32.2. The number of carbonyl (C=O) groups excluding carboxylic acids is 1. The van der Waals surface area contributed by atoms with Crippen LogP contribution in [-0.4, -0.2) is 54.7 Å². The van der Waals surface area contributed by atoms with Crippen LogP contribution in [0, 0.1) is 5.92 Å². The van der Waals surface area contributed by atoms with Gasteiger partial charge in [-0.15, -0.1) is 0 Å². The quantitative estimate of drug-likeness (QED) is 0.399. The number of sulfonamides is 1. The number of carbonyl (C=O) groups is 1. The number of hydroxylamine groups is 1. The fraction of sp³-hybridized carbons (Fsp3) is 0.478. The first-order valence-electron chi connectivity index (χ1n) is 11.0. The molecular weight excluding hydrogens is 446 g/mol. The molecule has 2 aromatic rings. The maximum Gasteiger partial charge on any atom is 0.262 e. The summed E-state index contributed by atoms with van der Waals surface area (Å²) in [5.41, 5.74) is 2.38. The molecule has 0 unspecified atom stereocenters. The Balaban J connectivity index is 2.01. The van der Waals surface area contributed by atoms with E-state index in [2.05, 4.69) is 4.98 Å². The van der Waals surface area contributed by atoms with E-state index in [1.54, 1.807) is 49.2 Å². The van der Waals surface area contributed by atoms with Crippen molar-refractivity contribution in [1.82, 2.24) is 14.8 Å². The molecule has 0 saturated heterocycles. The molecule has 0 radical (unpaired) electrons. The van der Waals surface area contributed by atoms with Crippen LogP contribution in [-0.2, 0) is 26.1 Å². The van der Waals surface area contributed by atoms with Crippen LogP contribution in [0.1, 0.15) is 38.2 Å². The summed E-state index contributed by atoms with van der Waals surface area (Å²) >= 11 is 0. The van der Waals surface area contributed by atoms with Crippen LogP contribution in [0.15, 0.2) is 53.7 Å². The Bertz CT molecular complexity index is 993. The number of nitrogens with zero attached hydrogens (tertiary/aromatic N) is 2. The van der Waals surface area contributed by atoms with Gasteiger partial charge in [-0.05, 0) is 80.5 Å². The molecule has 3 rings (SSSR count). The number of hydrogen-bond acceptors (Lipinski definition) is 7. The number of aromatic nitrogens is 1. The molecule has 9 nitrogen and oxygen atoms in total. The van der Waals surface area contributed by atoms with Gasteiger partial charge in [-0.3, -0.25) is 15.0 Å². The van der Waals surface area contributed by atoms with Crippen LogP contribution in [0.3, 0.4) is 0 Å². The standard InChI is InChI=1S/C23H31N3O6S/c1-3-32-20-8-10-21(11-9-20)33(29,30)26(16-17-12-14-24-15-13-17)22(23(27)25-28)18-4-6-19(31-2)7-5-18/h8-15,18-19,22,28H,3-7,16H2,1-2H3,(H,25,27)/t18?,19?,22-/m1/s1. The number of ether oxygens (including phenoxy) is 2. The fourth-order valence-electron chi connectivity index (χ4n) is 4.30. The van der Waals surface area contributed by atoms with E-state index in [-0.39, 0.29) is 23.5 Å². The van der Waals surface area contributed by atoms with E-state index in [4.69, 9.17) is 9.47 Å². The second kappa shape index (κ2) is 11.6. The lowest BCUT2D eigenvalue weighted by atomic mass is 9.82. The van der Waals surface area contributed by atoms with Crippen LogP contribution in [0.5, 0.6) is 5.75 Å². The van der Waals surface area contributed by atoms with E-state index >= 15 is 0 Å². The fourth-order valence-corrected chi connectivity index (χ4v) is 5.93. The maximum atomic E-state index is 13.8. The maximum absolute atomic E-state index is 13.8. The number of pyridine rings is 1. The Morgan fingerprint density at radius 3 is 2.33 bits per heavy atom. The summed E-state index contributed by atoms with van der Waals surface area (Å²) in [4.78, 5) is 16.9. The third-order valence-electron chi connectivity index (χ3n) is 6.02. The molecule has 1 heterocycles. The van der Waals surface area contributed by atoms with Gasteiger partial charge >= 0.3 is 0 Å². The second-order valence-electron chi connectivity index (χ2n) is 8.00. The zero-order valence-electron chi connectivity index (χ0n) is 18.9. The van der Waals surface area contributed by atoms with Gasteiger partial charge in [-0.2, -0.15) is 4.31 Å². The minimum absolute atomic E-state index is 0.0413. The van der Waals surface area contributed by atoms with Crippen molar-refractivity contribution in [3.63, 3.8) is 0 Å². The summed E-state index contributed by atoms with van der Waals surface area (Å²) in [5, 5.41) is 9.51. The first-order chi connectivity index (χ1) is 15.9. The molecule has 2 N–H and O–H groups in total. The van der Waals surface area contributed by atoms with Gasteiger partial charge in [0.2, 0.25) is 10.0 Å². The minimum Gasteiger partial charge on any atom is -0.494 e. The summed E-state index contributed by atoms with van der Waals surface area (Å²) in [6.45, 7) is 2.26. The minimum atomic E-state index is -4.10. The van der Waals surface area contributed by atoms with Crippen molar-refractivity contribution < 1.29 is 27.9 Å². The van der Waals surface area contributed by atoms with Crippen LogP contribution >= 0.6 is 0 Å². The van der Waals surface area contributed by atoms with Gasteiger partial charge in [0.25, 0.3) is 5.91 Å². The van der Waals surface area contributed by atoms with Crippen LogP contribution in [0.25, 0.3) is 0 Å². The summed E-state index contributed by atoms with van der Waals surface area (Å²) in [6.07, 6.45) is 5.84. The SMILES string of the molecule is CCOc1ccc(S(=O)(=O)N(Cc2ccncc2)[C@@H](C(=O)NO)C2CCC(OC)CC2)cc1. The average molecular weight is 478 g/mol. The average Bonchev–Trinajstić information content (AvgIpc) is 2.85. The molecule has 0 aliphatic heterocycles. The van der Waals surface area contributed by atoms with Crippen molar-refractivity contribution in [2.45, 2.75) is 56.2 Å². The number of amides is 1. The van der Waals surface area contributed by atoms with E-state index in [9.17, 15) is 18.4 Å². The number of nitrogens with one attached hydrogen (secondary N) is 1. The Hall–Kier alpha value is -2.53. The molecule has 1 aliphatic rings. The lowest BCUT2D eigenvalue weighted by Crippen LogP contribution is -2.53. The highest BCUT2D eigenvalue weighted by Crippen LogP contribution is 2.34. The third-order valence-corrected chi connectivity index (χ3v) is 7.86. The highest BCUT2D eigenvalue weighted by Gasteiger charge is 2.42. The van der Waals surface area contributed by atoms with E-state index < -0.39 is 22.0 Å². The molecule has 1 amide bonds. The van der Waals surface area contributed by atoms with Crippen molar-refractivity contribution in [3.05, 3.63) is 54.4 Å². The summed E-state index contributed by atoms with van der Waals surface area (Å²) in [7, 11) is -2.45. The predicted octanol–water partition coefficient (Wildman–Crippen LogP) is 2.75. The molecule has 33 heavy (non-hydrogen) atoms. The Morgan fingerprint density at radius 2 is 1.79 bits per heavy atom. The molecule has 1 atom stereocenters. The van der Waals surface area contributed by atoms with E-state index in [1.807, 2.05) is 6.92 Å². The van der Waals surface area contributed by atoms with Gasteiger partial charge < -0.3 is 9.47 Å². The van der Waals surface area contributed by atoms with Gasteiger partial charge in [0.15, 0.2) is 0 Å². The summed E-state index contributed by atoms with van der Waals surface area (Å²) in [5.74, 6) is -0.470. The van der Waals surface area contributed by atoms with Crippen LogP contribution < -0.4 is 10.2 Å². The lowest BCUT2D eigenvalue weighted by molar-refractivity contribution is -0.136. The molecule has 0 bridgehead atoms. The molecule has 1 aliphatic carbocycles. The molecule has 180 valence electrons. The van der Waals surface area contributed by atoms with Crippen LogP contribution in [0.4, 0.5) is 0 Å². The van der Waals surface area contributed by atoms with Gasteiger partial charge in [0.05, 0.1) is 17.6 Å². The topological polar surface area (TPSA) is 118 Å². The first-order valence-corrected chi connectivity index (χ1v) is 12.4. The molecule has 1 aromatic carbocycles. The largest absolute Gasteiger partial charge is 0.494 e. The van der Waals surface area contributed by atoms with Gasteiger partial charge in [-0.25, -0.2) is 13.9 Å². The van der Waals surface area contributed by atoms with E-state index in [0.29, 0.717) is 43.6 Å². The summed E-state index contributed by atoms with van der Waals surface area (Å²) < 4.78 is 39.7. The zero-order valence-corrected chi connectivity index (χ0v) is 19.7. The predicted molar refractivity (Wildman–Crippen MR) is 121 cm³/mol. The van der Waals surface area contributed by atoms with E-state index in [1.165, 1.54) is 16.4 Å². The van der Waals surface area contributed by atoms with Crippen LogP contribution in [0.2, 0.25) is 0 Å². The van der Waals surface area contributed by atoms with Crippen molar-refractivity contribution in [2.24, 2.45) is 5.92 Å². The van der Waals surface area contributed by atoms with Gasteiger partial charge in [0, 0.05) is 26.0 Å². The molecule has 1 aromatic heterocycles. The third kappa shape index (κ3) is 6.08. The molecule has 10 heteroatoms. The molecule has 1 saturated carbocycles. The smallest absolute Gasteiger partial charge is 0.262 e. The van der Waals surface area contributed by atoms with Gasteiger partial charge in [-0.1, -0.05) is 0 Å². The van der Waals surface area contributed by atoms with Crippen molar-refractivity contribution in [2.75, 3.05) is 13.7 Å². The zero-order chi connectivity index (χ0) is 23.8.